The summed E-state index contributed by atoms with van der Waals surface area (Å²) in [5, 5.41) is 1.21. The van der Waals surface area contributed by atoms with Gasteiger partial charge in [0.2, 0.25) is 0 Å². The van der Waals surface area contributed by atoms with Crippen molar-refractivity contribution in [3.63, 3.8) is 0 Å². The largest absolute Gasteiger partial charge is 0.330 e. The minimum atomic E-state index is -0.0663. The average molecular weight is 228 g/mol. The van der Waals surface area contributed by atoms with Gasteiger partial charge in [-0.25, -0.2) is 0 Å². The molecule has 0 unspecified atom stereocenters. The lowest BCUT2D eigenvalue weighted by atomic mass is 9.86. The molecule has 1 aromatic carbocycles. The Morgan fingerprint density at radius 1 is 1.18 bits per heavy atom. The number of nitrogens with two attached hydrogens (primary N) is 1. The third kappa shape index (κ3) is 2.18. The first kappa shape index (κ1) is 12.1. The molecule has 90 valence electrons. The second kappa shape index (κ2) is 4.11. The first-order valence-corrected chi connectivity index (χ1v) is 6.02. The molecule has 0 aliphatic heterocycles. The number of aromatic nitrogens is 1. The second-order valence-corrected chi connectivity index (χ2v) is 5.44. The molecule has 0 saturated carbocycles. The van der Waals surface area contributed by atoms with Crippen molar-refractivity contribution in [2.24, 2.45) is 5.73 Å². The molecule has 0 aliphatic carbocycles. The normalized spacial score (nSPS) is 12.1. The number of pyridine rings is 1. The Balaban J connectivity index is 2.68. The Hall–Kier alpha value is -1.41. The molecular weight excluding hydrogens is 208 g/mol. The molecule has 0 atom stereocenters. The van der Waals surface area contributed by atoms with Crippen molar-refractivity contribution in [1.29, 1.82) is 0 Å². The van der Waals surface area contributed by atoms with E-state index in [-0.39, 0.29) is 5.41 Å². The van der Waals surface area contributed by atoms with Gasteiger partial charge in [-0.1, -0.05) is 25.5 Å². The van der Waals surface area contributed by atoms with E-state index in [4.69, 9.17) is 10.7 Å². The summed E-state index contributed by atoms with van der Waals surface area (Å²) >= 11 is 0. The van der Waals surface area contributed by atoms with Crippen LogP contribution in [0.15, 0.2) is 24.3 Å². The van der Waals surface area contributed by atoms with Crippen molar-refractivity contribution in [3.05, 3.63) is 41.1 Å². The van der Waals surface area contributed by atoms with Crippen LogP contribution in [0.1, 0.15) is 30.7 Å². The number of benzene rings is 1. The van der Waals surface area contributed by atoms with Gasteiger partial charge < -0.3 is 5.73 Å². The quantitative estimate of drug-likeness (QED) is 0.858. The first-order valence-electron chi connectivity index (χ1n) is 6.02. The Morgan fingerprint density at radius 3 is 2.53 bits per heavy atom. The van der Waals surface area contributed by atoms with Crippen LogP contribution in [0.5, 0.6) is 0 Å². The van der Waals surface area contributed by atoms with E-state index < -0.39 is 0 Å². The van der Waals surface area contributed by atoms with E-state index in [0.29, 0.717) is 6.54 Å². The minimum Gasteiger partial charge on any atom is -0.330 e. The Labute approximate surface area is 103 Å². The fraction of sp³-hybridized carbons (Fsp3) is 0.400. The van der Waals surface area contributed by atoms with Gasteiger partial charge in [0.05, 0.1) is 11.2 Å². The van der Waals surface area contributed by atoms with E-state index in [9.17, 15) is 0 Å². The predicted octanol–water partition coefficient (Wildman–Crippen LogP) is 3.09. The van der Waals surface area contributed by atoms with E-state index in [1.165, 1.54) is 16.5 Å². The van der Waals surface area contributed by atoms with E-state index in [1.54, 1.807) is 0 Å². The number of hydrogen-bond acceptors (Lipinski definition) is 2. The van der Waals surface area contributed by atoms with Crippen molar-refractivity contribution in [2.75, 3.05) is 6.54 Å². The maximum Gasteiger partial charge on any atom is 0.0705 e. The number of nitrogens with zero attached hydrogens (tertiary/aromatic N) is 1. The van der Waals surface area contributed by atoms with E-state index in [1.807, 2.05) is 0 Å². The number of rotatable bonds is 2. The zero-order valence-electron chi connectivity index (χ0n) is 11.0. The van der Waals surface area contributed by atoms with Crippen LogP contribution in [-0.4, -0.2) is 11.5 Å². The fourth-order valence-electron chi connectivity index (χ4n) is 2.18. The molecule has 0 saturated heterocycles. The lowest BCUT2D eigenvalue weighted by Gasteiger charge is -2.24. The zero-order chi connectivity index (χ0) is 12.6. The predicted molar refractivity (Wildman–Crippen MR) is 73.3 cm³/mol. The van der Waals surface area contributed by atoms with Crippen LogP contribution >= 0.6 is 0 Å². The SMILES string of the molecule is Cc1ccc2nc(C(C)(C)CN)c(C)cc2c1. The highest BCUT2D eigenvalue weighted by Crippen LogP contribution is 2.26. The maximum atomic E-state index is 5.84. The average Bonchev–Trinajstić information content (AvgIpc) is 2.27. The van der Waals surface area contributed by atoms with Gasteiger partial charge in [-0.3, -0.25) is 4.98 Å². The number of aryl methyl sites for hydroxylation is 2. The summed E-state index contributed by atoms with van der Waals surface area (Å²) in [6, 6.07) is 8.57. The molecular formula is C15H20N2. The molecule has 0 bridgehead atoms. The second-order valence-electron chi connectivity index (χ2n) is 5.44. The van der Waals surface area contributed by atoms with Crippen LogP contribution in [0.2, 0.25) is 0 Å². The van der Waals surface area contributed by atoms with Gasteiger partial charge in [0.25, 0.3) is 0 Å². The fourth-order valence-corrected chi connectivity index (χ4v) is 2.18. The molecule has 0 fully saturated rings. The zero-order valence-corrected chi connectivity index (χ0v) is 11.0. The Morgan fingerprint density at radius 2 is 1.88 bits per heavy atom. The van der Waals surface area contributed by atoms with Gasteiger partial charge >= 0.3 is 0 Å². The summed E-state index contributed by atoms with van der Waals surface area (Å²) in [6.07, 6.45) is 0. The van der Waals surface area contributed by atoms with Crippen molar-refractivity contribution in [2.45, 2.75) is 33.1 Å². The van der Waals surface area contributed by atoms with Gasteiger partial charge in [0.1, 0.15) is 0 Å². The minimum absolute atomic E-state index is 0.0663. The third-order valence-corrected chi connectivity index (χ3v) is 3.31. The molecule has 17 heavy (non-hydrogen) atoms. The lowest BCUT2D eigenvalue weighted by molar-refractivity contribution is 0.520. The molecule has 1 aromatic heterocycles. The van der Waals surface area contributed by atoms with Crippen LogP contribution in [0.3, 0.4) is 0 Å². The standard InChI is InChI=1S/C15H20N2/c1-10-5-6-13-12(7-10)8-11(2)14(17-13)15(3,4)9-16/h5-8H,9,16H2,1-4H3. The van der Waals surface area contributed by atoms with Crippen LogP contribution < -0.4 is 5.73 Å². The first-order chi connectivity index (χ1) is 7.94. The number of fused-ring (bicyclic) bond motifs is 1. The van der Waals surface area contributed by atoms with Gasteiger partial charge in [-0.2, -0.15) is 0 Å². The highest BCUT2D eigenvalue weighted by molar-refractivity contribution is 5.80. The van der Waals surface area contributed by atoms with Crippen molar-refractivity contribution >= 4 is 10.9 Å². The van der Waals surface area contributed by atoms with Crippen LogP contribution in [0.25, 0.3) is 10.9 Å². The summed E-state index contributed by atoms with van der Waals surface area (Å²) in [4.78, 5) is 4.78. The third-order valence-electron chi connectivity index (χ3n) is 3.31. The van der Waals surface area contributed by atoms with Gasteiger partial charge in [-0.15, -0.1) is 0 Å². The molecule has 1 heterocycles. The summed E-state index contributed by atoms with van der Waals surface area (Å²) in [5.74, 6) is 0. The molecule has 0 radical (unpaired) electrons. The molecule has 0 amide bonds. The summed E-state index contributed by atoms with van der Waals surface area (Å²) in [6.45, 7) is 9.11. The highest BCUT2D eigenvalue weighted by Gasteiger charge is 2.22. The van der Waals surface area contributed by atoms with Gasteiger partial charge in [-0.05, 0) is 37.6 Å². The smallest absolute Gasteiger partial charge is 0.0705 e. The monoisotopic (exact) mass is 228 g/mol. The highest BCUT2D eigenvalue weighted by atomic mass is 14.7. The molecule has 0 spiro atoms. The summed E-state index contributed by atoms with van der Waals surface area (Å²) in [5.41, 5.74) is 10.4. The molecule has 0 aliphatic rings. The van der Waals surface area contributed by atoms with E-state index in [0.717, 1.165) is 11.2 Å². The summed E-state index contributed by atoms with van der Waals surface area (Å²) in [7, 11) is 0. The van der Waals surface area contributed by atoms with E-state index >= 15 is 0 Å². The Kier molecular flexibility index (Phi) is 2.92. The Bertz CT molecular complexity index is 556. The van der Waals surface area contributed by atoms with Crippen molar-refractivity contribution in [1.82, 2.24) is 4.98 Å². The summed E-state index contributed by atoms with van der Waals surface area (Å²) < 4.78 is 0. The molecule has 2 heteroatoms. The topological polar surface area (TPSA) is 38.9 Å². The lowest BCUT2D eigenvalue weighted by Crippen LogP contribution is -2.30. The number of hydrogen-bond donors (Lipinski definition) is 1. The molecule has 2 nitrogen and oxygen atoms in total. The van der Waals surface area contributed by atoms with Crippen LogP contribution in [-0.2, 0) is 5.41 Å². The molecule has 2 N–H and O–H groups in total. The molecule has 2 rings (SSSR count). The van der Waals surface area contributed by atoms with Crippen molar-refractivity contribution < 1.29 is 0 Å². The molecule has 2 aromatic rings. The van der Waals surface area contributed by atoms with Gasteiger partial charge in [0.15, 0.2) is 0 Å². The van der Waals surface area contributed by atoms with Crippen LogP contribution in [0, 0.1) is 13.8 Å². The van der Waals surface area contributed by atoms with Crippen molar-refractivity contribution in [3.8, 4) is 0 Å². The van der Waals surface area contributed by atoms with Crippen LogP contribution in [0.4, 0.5) is 0 Å². The van der Waals surface area contributed by atoms with E-state index in [2.05, 4.69) is 52.0 Å². The van der Waals surface area contributed by atoms with Gasteiger partial charge in [0, 0.05) is 17.3 Å². The maximum absolute atomic E-state index is 5.84.